The van der Waals surface area contributed by atoms with Crippen LogP contribution in [0.2, 0.25) is 0 Å². The van der Waals surface area contributed by atoms with E-state index in [9.17, 15) is 9.59 Å². The quantitative estimate of drug-likeness (QED) is 0.723. The number of nitrogens with two attached hydrogens (primary N) is 1. The van der Waals surface area contributed by atoms with E-state index in [1.54, 1.807) is 13.0 Å². The predicted molar refractivity (Wildman–Crippen MR) is 73.4 cm³/mol. The van der Waals surface area contributed by atoms with Gasteiger partial charge in [0.05, 0.1) is 0 Å². The molecule has 19 heavy (non-hydrogen) atoms. The average molecular weight is 264 g/mol. The van der Waals surface area contributed by atoms with E-state index in [-0.39, 0.29) is 11.6 Å². The van der Waals surface area contributed by atoms with Crippen molar-refractivity contribution in [2.24, 2.45) is 5.92 Å². The third-order valence-corrected chi connectivity index (χ3v) is 2.44. The Bertz CT molecular complexity index is 460. The van der Waals surface area contributed by atoms with Crippen LogP contribution < -0.4 is 16.4 Å². The first-order chi connectivity index (χ1) is 8.90. The van der Waals surface area contributed by atoms with E-state index in [2.05, 4.69) is 15.6 Å². The summed E-state index contributed by atoms with van der Waals surface area (Å²) in [6, 6.07) is 2.44. The van der Waals surface area contributed by atoms with Gasteiger partial charge in [0.25, 0.3) is 5.91 Å². The normalized spacial score (nSPS) is 12.0. The summed E-state index contributed by atoms with van der Waals surface area (Å²) in [7, 11) is 0. The van der Waals surface area contributed by atoms with Crippen molar-refractivity contribution >= 4 is 17.5 Å². The monoisotopic (exact) mass is 264 g/mol. The second-order valence-electron chi connectivity index (χ2n) is 4.81. The fourth-order valence-electron chi connectivity index (χ4n) is 1.36. The number of hydrogen-bond acceptors (Lipinski definition) is 4. The molecule has 1 aromatic heterocycles. The summed E-state index contributed by atoms with van der Waals surface area (Å²) >= 11 is 0. The number of nitrogens with zero attached hydrogens (tertiary/aromatic N) is 1. The molecule has 1 rings (SSSR count). The number of hydrogen-bond donors (Lipinski definition) is 3. The first-order valence-electron chi connectivity index (χ1n) is 6.20. The predicted octanol–water partition coefficient (Wildman–Crippen LogP) is 0.554. The lowest BCUT2D eigenvalue weighted by atomic mass is 10.2. The number of pyridine rings is 1. The molecule has 6 nitrogen and oxygen atoms in total. The van der Waals surface area contributed by atoms with E-state index in [4.69, 9.17) is 5.73 Å². The molecule has 0 radical (unpaired) electrons. The number of nitrogens with one attached hydrogen (secondary N) is 2. The lowest BCUT2D eigenvalue weighted by Gasteiger charge is -2.15. The fourth-order valence-corrected chi connectivity index (χ4v) is 1.36. The van der Waals surface area contributed by atoms with Gasteiger partial charge in [0.15, 0.2) is 0 Å². The van der Waals surface area contributed by atoms with Crippen LogP contribution in [0.3, 0.4) is 0 Å². The van der Waals surface area contributed by atoms with Gasteiger partial charge in [-0.3, -0.25) is 14.6 Å². The van der Waals surface area contributed by atoms with Crippen LogP contribution in [0.15, 0.2) is 18.3 Å². The SMILES string of the molecule is CC(C)CNC(=O)C(C)NC(=O)c1cc(N)ccn1. The molecule has 0 aliphatic carbocycles. The second kappa shape index (κ2) is 6.72. The zero-order valence-electron chi connectivity index (χ0n) is 11.4. The van der Waals surface area contributed by atoms with Crippen LogP contribution in [0.25, 0.3) is 0 Å². The highest BCUT2D eigenvalue weighted by atomic mass is 16.2. The Hall–Kier alpha value is -2.11. The average Bonchev–Trinajstić information content (AvgIpc) is 2.35. The van der Waals surface area contributed by atoms with Crippen molar-refractivity contribution in [3.8, 4) is 0 Å². The molecule has 1 atom stereocenters. The molecule has 0 bridgehead atoms. The second-order valence-corrected chi connectivity index (χ2v) is 4.81. The number of rotatable bonds is 5. The summed E-state index contributed by atoms with van der Waals surface area (Å²) in [4.78, 5) is 27.5. The summed E-state index contributed by atoms with van der Waals surface area (Å²) in [5, 5.41) is 5.33. The van der Waals surface area contributed by atoms with Gasteiger partial charge in [0, 0.05) is 18.4 Å². The smallest absolute Gasteiger partial charge is 0.270 e. The van der Waals surface area contributed by atoms with Gasteiger partial charge >= 0.3 is 0 Å². The topological polar surface area (TPSA) is 97.1 Å². The molecule has 0 fully saturated rings. The number of amides is 2. The summed E-state index contributed by atoms with van der Waals surface area (Å²) < 4.78 is 0. The first-order valence-corrected chi connectivity index (χ1v) is 6.20. The van der Waals surface area contributed by atoms with Gasteiger partial charge in [0.1, 0.15) is 11.7 Å². The van der Waals surface area contributed by atoms with Gasteiger partial charge in [-0.1, -0.05) is 13.8 Å². The van der Waals surface area contributed by atoms with Crippen LogP contribution in [-0.4, -0.2) is 29.4 Å². The maximum Gasteiger partial charge on any atom is 0.270 e. The third-order valence-electron chi connectivity index (χ3n) is 2.44. The minimum absolute atomic E-state index is 0.198. The molecule has 2 amide bonds. The Morgan fingerprint density at radius 3 is 2.63 bits per heavy atom. The number of carbonyl (C=O) groups is 2. The zero-order chi connectivity index (χ0) is 14.4. The maximum atomic E-state index is 11.8. The van der Waals surface area contributed by atoms with Crippen molar-refractivity contribution in [1.82, 2.24) is 15.6 Å². The first kappa shape index (κ1) is 14.9. The molecule has 0 spiro atoms. The van der Waals surface area contributed by atoms with E-state index in [1.807, 2.05) is 13.8 Å². The summed E-state index contributed by atoms with van der Waals surface area (Å²) in [5.74, 6) is -0.270. The van der Waals surface area contributed by atoms with Crippen LogP contribution in [-0.2, 0) is 4.79 Å². The minimum Gasteiger partial charge on any atom is -0.399 e. The van der Waals surface area contributed by atoms with Crippen LogP contribution in [0, 0.1) is 5.92 Å². The van der Waals surface area contributed by atoms with E-state index in [0.29, 0.717) is 18.2 Å². The van der Waals surface area contributed by atoms with Gasteiger partial charge in [-0.25, -0.2) is 0 Å². The highest BCUT2D eigenvalue weighted by molar-refractivity contribution is 5.96. The third kappa shape index (κ3) is 4.95. The Kier molecular flexibility index (Phi) is 5.29. The van der Waals surface area contributed by atoms with Crippen LogP contribution in [0.1, 0.15) is 31.3 Å². The molecule has 4 N–H and O–H groups in total. The number of carbonyl (C=O) groups excluding carboxylic acids is 2. The van der Waals surface area contributed by atoms with Crippen molar-refractivity contribution in [2.75, 3.05) is 12.3 Å². The molecule has 1 aromatic rings. The van der Waals surface area contributed by atoms with Crippen molar-refractivity contribution in [2.45, 2.75) is 26.8 Å². The van der Waals surface area contributed by atoms with E-state index in [0.717, 1.165) is 0 Å². The molecule has 104 valence electrons. The summed E-state index contributed by atoms with van der Waals surface area (Å²) in [5.41, 5.74) is 6.22. The lowest BCUT2D eigenvalue weighted by Crippen LogP contribution is -2.45. The van der Waals surface area contributed by atoms with Crippen molar-refractivity contribution in [1.29, 1.82) is 0 Å². The van der Waals surface area contributed by atoms with Gasteiger partial charge in [-0.15, -0.1) is 0 Å². The highest BCUT2D eigenvalue weighted by Gasteiger charge is 2.17. The van der Waals surface area contributed by atoms with Gasteiger partial charge in [-0.05, 0) is 25.0 Å². The van der Waals surface area contributed by atoms with Gasteiger partial charge in [0.2, 0.25) is 5.91 Å². The van der Waals surface area contributed by atoms with E-state index in [1.165, 1.54) is 12.3 Å². The molecular weight excluding hydrogens is 244 g/mol. The Labute approximate surface area is 112 Å². The molecular formula is C13H20N4O2. The highest BCUT2D eigenvalue weighted by Crippen LogP contribution is 2.03. The largest absolute Gasteiger partial charge is 0.399 e. The number of aromatic nitrogens is 1. The molecule has 0 saturated heterocycles. The number of nitrogen functional groups attached to an aromatic ring is 1. The Balaban J connectivity index is 2.54. The van der Waals surface area contributed by atoms with Crippen molar-refractivity contribution in [3.05, 3.63) is 24.0 Å². The maximum absolute atomic E-state index is 11.8. The zero-order valence-corrected chi connectivity index (χ0v) is 11.4. The van der Waals surface area contributed by atoms with Crippen LogP contribution in [0.4, 0.5) is 5.69 Å². The van der Waals surface area contributed by atoms with Crippen molar-refractivity contribution < 1.29 is 9.59 Å². The Morgan fingerprint density at radius 1 is 1.37 bits per heavy atom. The van der Waals surface area contributed by atoms with Gasteiger partial charge < -0.3 is 16.4 Å². The minimum atomic E-state index is -0.616. The number of anilines is 1. The van der Waals surface area contributed by atoms with E-state index >= 15 is 0 Å². The van der Waals surface area contributed by atoms with Crippen LogP contribution in [0.5, 0.6) is 0 Å². The van der Waals surface area contributed by atoms with Gasteiger partial charge in [-0.2, -0.15) is 0 Å². The lowest BCUT2D eigenvalue weighted by molar-refractivity contribution is -0.122. The van der Waals surface area contributed by atoms with Crippen LogP contribution >= 0.6 is 0 Å². The fraction of sp³-hybridized carbons (Fsp3) is 0.462. The molecule has 1 unspecified atom stereocenters. The molecule has 6 heteroatoms. The standard InChI is InChI=1S/C13H20N4O2/c1-8(2)7-16-12(18)9(3)17-13(19)11-6-10(14)4-5-15-11/h4-6,8-9H,7H2,1-3H3,(H2,14,15)(H,16,18)(H,17,19). The summed E-state index contributed by atoms with van der Waals surface area (Å²) in [6.07, 6.45) is 1.45. The molecule has 0 aromatic carbocycles. The molecule has 0 aliphatic rings. The summed E-state index contributed by atoms with van der Waals surface area (Å²) in [6.45, 7) is 6.20. The molecule has 0 aliphatic heterocycles. The van der Waals surface area contributed by atoms with Crippen molar-refractivity contribution in [3.63, 3.8) is 0 Å². The molecule has 1 heterocycles. The Morgan fingerprint density at radius 2 is 2.05 bits per heavy atom. The van der Waals surface area contributed by atoms with E-state index < -0.39 is 11.9 Å². The molecule has 0 saturated carbocycles.